The van der Waals surface area contributed by atoms with Crippen molar-refractivity contribution in [1.29, 1.82) is 0 Å². The Morgan fingerprint density at radius 1 is 1.17 bits per heavy atom. The largest absolute Gasteiger partial charge is 0.345 e. The maximum Gasteiger partial charge on any atom is 0.345 e. The van der Waals surface area contributed by atoms with Crippen LogP contribution in [0.3, 0.4) is 0 Å². The molecule has 0 aromatic carbocycles. The Hall–Kier alpha value is -1.52. The van der Waals surface area contributed by atoms with E-state index in [0.29, 0.717) is 0 Å². The maximum absolute atomic E-state index is 11.2. The Bertz CT molecular complexity index is 435. The summed E-state index contributed by atoms with van der Waals surface area (Å²) >= 11 is 0. The monoisotopic (exact) mass is 165 g/mol. The smallest absolute Gasteiger partial charge is 0.257 e. The molecule has 0 saturated carbocycles. The van der Waals surface area contributed by atoms with E-state index >= 15 is 0 Å². The molecule has 2 atom stereocenters. The van der Waals surface area contributed by atoms with E-state index in [4.69, 9.17) is 0 Å². The van der Waals surface area contributed by atoms with E-state index in [-0.39, 0.29) is 23.5 Å². The maximum atomic E-state index is 11.2. The normalized spacial score (nSPS) is 29.7. The highest BCUT2D eigenvalue weighted by Crippen LogP contribution is 2.35. The predicted octanol–water partition coefficient (Wildman–Crippen LogP) is -0.606. The lowest BCUT2D eigenvalue weighted by Crippen LogP contribution is -2.25. The first-order chi connectivity index (χ1) is 5.77. The Morgan fingerprint density at radius 3 is 2.17 bits per heavy atom. The third-order valence-electron chi connectivity index (χ3n) is 2.53. The second-order valence-electron chi connectivity index (χ2n) is 3.18. The number of hydrogen-bond acceptors (Lipinski definition) is 2. The number of allylic oxidation sites excluding steroid dienone is 2. The molecule has 1 aliphatic carbocycles. The number of aromatic nitrogens is 3. The van der Waals surface area contributed by atoms with Gasteiger partial charge >= 0.3 is 11.4 Å². The minimum absolute atomic E-state index is 0.0986. The van der Waals surface area contributed by atoms with Gasteiger partial charge < -0.3 is 0 Å². The highest BCUT2D eigenvalue weighted by molar-refractivity contribution is 5.12. The minimum Gasteiger partial charge on any atom is -0.257 e. The van der Waals surface area contributed by atoms with Gasteiger partial charge in [-0.05, 0) is 6.42 Å². The van der Waals surface area contributed by atoms with Gasteiger partial charge in [0, 0.05) is 0 Å². The van der Waals surface area contributed by atoms with Crippen LogP contribution in [0, 0.1) is 0 Å². The summed E-state index contributed by atoms with van der Waals surface area (Å²) in [6.45, 7) is 0. The zero-order valence-electron chi connectivity index (χ0n) is 6.23. The highest BCUT2D eigenvalue weighted by atomic mass is 16.2. The molecule has 0 spiro atoms. The number of hydrogen-bond donors (Lipinski definition) is 1. The van der Waals surface area contributed by atoms with Crippen molar-refractivity contribution in [2.24, 2.45) is 0 Å². The zero-order valence-corrected chi connectivity index (χ0v) is 6.23. The molecule has 1 aromatic rings. The van der Waals surface area contributed by atoms with Crippen LogP contribution < -0.4 is 11.4 Å². The van der Waals surface area contributed by atoms with Crippen molar-refractivity contribution in [2.75, 3.05) is 0 Å². The molecule has 1 aromatic heterocycles. The van der Waals surface area contributed by atoms with Crippen LogP contribution in [0.1, 0.15) is 18.5 Å². The summed E-state index contributed by atoms with van der Waals surface area (Å²) in [4.78, 5) is 24.6. The van der Waals surface area contributed by atoms with Crippen LogP contribution in [-0.4, -0.2) is 14.3 Å². The van der Waals surface area contributed by atoms with Crippen molar-refractivity contribution >= 4 is 0 Å². The minimum atomic E-state index is -0.295. The summed E-state index contributed by atoms with van der Waals surface area (Å²) in [6.07, 6.45) is 4.80. The van der Waals surface area contributed by atoms with Crippen molar-refractivity contribution < 1.29 is 0 Å². The first kappa shape index (κ1) is 6.05. The van der Waals surface area contributed by atoms with E-state index in [9.17, 15) is 9.59 Å². The van der Waals surface area contributed by atoms with Gasteiger partial charge in [-0.15, -0.1) is 0 Å². The van der Waals surface area contributed by atoms with Crippen LogP contribution in [0.5, 0.6) is 0 Å². The second kappa shape index (κ2) is 1.63. The third kappa shape index (κ3) is 0.479. The van der Waals surface area contributed by atoms with Gasteiger partial charge in [0.05, 0.1) is 12.1 Å². The topological polar surface area (TPSA) is 59.8 Å². The fourth-order valence-electron chi connectivity index (χ4n) is 2.05. The van der Waals surface area contributed by atoms with Gasteiger partial charge in [-0.3, -0.25) is 4.98 Å². The number of rotatable bonds is 0. The molecule has 0 saturated heterocycles. The molecule has 3 rings (SSSR count). The van der Waals surface area contributed by atoms with E-state index in [1.165, 1.54) is 9.36 Å². The van der Waals surface area contributed by atoms with Crippen LogP contribution in [-0.2, 0) is 0 Å². The molecule has 2 heterocycles. The van der Waals surface area contributed by atoms with Gasteiger partial charge in [0.25, 0.3) is 0 Å². The average molecular weight is 165 g/mol. The Labute approximate surface area is 66.9 Å². The third-order valence-corrected chi connectivity index (χ3v) is 2.53. The van der Waals surface area contributed by atoms with Crippen molar-refractivity contribution in [3.63, 3.8) is 0 Å². The molecular weight excluding hydrogens is 158 g/mol. The van der Waals surface area contributed by atoms with Crippen LogP contribution in [0.15, 0.2) is 21.7 Å². The lowest BCUT2D eigenvalue weighted by atomic mass is 10.2. The van der Waals surface area contributed by atoms with Gasteiger partial charge in [-0.1, -0.05) is 12.2 Å². The molecule has 1 aliphatic heterocycles. The summed E-state index contributed by atoms with van der Waals surface area (Å²) < 4.78 is 2.99. The lowest BCUT2D eigenvalue weighted by molar-refractivity contribution is 0.505. The van der Waals surface area contributed by atoms with Gasteiger partial charge in [-0.2, -0.15) is 0 Å². The van der Waals surface area contributed by atoms with E-state index in [2.05, 4.69) is 4.98 Å². The van der Waals surface area contributed by atoms with Gasteiger partial charge in [0.2, 0.25) is 0 Å². The molecule has 1 N–H and O–H groups in total. The summed E-state index contributed by atoms with van der Waals surface area (Å²) in [5, 5.41) is 0. The SMILES string of the molecule is O=c1[nH]c(=O)n2n1C1C=CC2C1. The van der Waals surface area contributed by atoms with E-state index in [1.807, 2.05) is 12.2 Å². The summed E-state index contributed by atoms with van der Waals surface area (Å²) in [6, 6.07) is 0.197. The Morgan fingerprint density at radius 2 is 1.67 bits per heavy atom. The van der Waals surface area contributed by atoms with E-state index in [1.54, 1.807) is 0 Å². The number of nitrogens with one attached hydrogen (secondary N) is 1. The van der Waals surface area contributed by atoms with Crippen molar-refractivity contribution in [1.82, 2.24) is 14.3 Å². The van der Waals surface area contributed by atoms with Gasteiger partial charge in [0.15, 0.2) is 0 Å². The Kier molecular flexibility index (Phi) is 0.819. The molecular formula is C7H7N3O2. The van der Waals surface area contributed by atoms with Crippen LogP contribution in [0.25, 0.3) is 0 Å². The second-order valence-corrected chi connectivity index (χ2v) is 3.18. The molecule has 62 valence electrons. The highest BCUT2D eigenvalue weighted by Gasteiger charge is 2.34. The van der Waals surface area contributed by atoms with Gasteiger partial charge in [0.1, 0.15) is 0 Å². The number of H-pyrrole nitrogens is 1. The van der Waals surface area contributed by atoms with E-state index in [0.717, 1.165) is 6.42 Å². The number of aromatic amines is 1. The Balaban J connectivity index is 2.46. The van der Waals surface area contributed by atoms with Crippen LogP contribution in [0.4, 0.5) is 0 Å². The fraction of sp³-hybridized carbons (Fsp3) is 0.429. The molecule has 0 radical (unpaired) electrons. The van der Waals surface area contributed by atoms with E-state index < -0.39 is 0 Å². The van der Waals surface area contributed by atoms with Crippen molar-refractivity contribution in [3.05, 3.63) is 33.1 Å². The molecule has 12 heavy (non-hydrogen) atoms. The lowest BCUT2D eigenvalue weighted by Gasteiger charge is -2.07. The number of fused-ring (bicyclic) bond motifs is 5. The summed E-state index contributed by atoms with van der Waals surface area (Å²) in [5.41, 5.74) is -0.589. The fourth-order valence-corrected chi connectivity index (χ4v) is 2.05. The quantitative estimate of drug-likeness (QED) is 0.521. The van der Waals surface area contributed by atoms with Crippen molar-refractivity contribution in [3.8, 4) is 0 Å². The molecule has 2 unspecified atom stereocenters. The molecule has 0 fully saturated rings. The summed E-state index contributed by atoms with van der Waals surface area (Å²) in [7, 11) is 0. The zero-order chi connectivity index (χ0) is 8.29. The average Bonchev–Trinajstić information content (AvgIpc) is 2.64. The van der Waals surface area contributed by atoms with Crippen LogP contribution >= 0.6 is 0 Å². The molecule has 0 amide bonds. The molecule has 5 nitrogen and oxygen atoms in total. The van der Waals surface area contributed by atoms with Crippen molar-refractivity contribution in [2.45, 2.75) is 18.5 Å². The standard InChI is InChI=1S/C7H7N3O2/c11-6-8-7(12)10-5-2-1-4(3-5)9(6)10/h1-2,4-5H,3H2,(H,8,11,12). The first-order valence-corrected chi connectivity index (χ1v) is 3.89. The van der Waals surface area contributed by atoms with Gasteiger partial charge in [-0.25, -0.2) is 19.0 Å². The predicted molar refractivity (Wildman–Crippen MR) is 41.1 cm³/mol. The molecule has 5 heteroatoms. The van der Waals surface area contributed by atoms with Crippen LogP contribution in [0.2, 0.25) is 0 Å². The first-order valence-electron chi connectivity index (χ1n) is 3.89. The molecule has 2 bridgehead atoms. The number of nitrogens with zero attached hydrogens (tertiary/aromatic N) is 2. The summed E-state index contributed by atoms with van der Waals surface area (Å²) in [5.74, 6) is 0. The molecule has 2 aliphatic rings.